The number of para-hydroxylation sites is 1. The van der Waals surface area contributed by atoms with E-state index in [1.165, 1.54) is 6.07 Å². The van der Waals surface area contributed by atoms with Crippen molar-refractivity contribution in [2.75, 3.05) is 11.9 Å². The fourth-order valence-corrected chi connectivity index (χ4v) is 3.32. The summed E-state index contributed by atoms with van der Waals surface area (Å²) in [5.74, 6) is -2.59. The van der Waals surface area contributed by atoms with Crippen LogP contribution in [0.2, 0.25) is 0 Å². The van der Waals surface area contributed by atoms with E-state index in [0.717, 1.165) is 17.7 Å². The van der Waals surface area contributed by atoms with Gasteiger partial charge in [0.1, 0.15) is 0 Å². The minimum Gasteiger partial charge on any atom is -0.450 e. The summed E-state index contributed by atoms with van der Waals surface area (Å²) >= 11 is 0. The van der Waals surface area contributed by atoms with Crippen LogP contribution in [0.25, 0.3) is 0 Å². The number of nitrogens with two attached hydrogens (primary N) is 1. The Balaban J connectivity index is 1.60. The highest BCUT2D eigenvalue weighted by Gasteiger charge is 2.20. The van der Waals surface area contributed by atoms with Crippen LogP contribution in [-0.2, 0) is 19.6 Å². The van der Waals surface area contributed by atoms with Crippen LogP contribution in [0.5, 0.6) is 0 Å². The van der Waals surface area contributed by atoms with Crippen molar-refractivity contribution in [1.82, 2.24) is 5.32 Å². The lowest BCUT2D eigenvalue weighted by atomic mass is 10.1. The molecule has 1 aromatic heterocycles. The highest BCUT2D eigenvalue weighted by atomic mass is 32.2. The molecule has 4 N–H and O–H groups in total. The van der Waals surface area contributed by atoms with Crippen molar-refractivity contribution < 1.29 is 32.0 Å². The van der Waals surface area contributed by atoms with Crippen molar-refractivity contribution in [2.24, 2.45) is 5.14 Å². The van der Waals surface area contributed by atoms with E-state index in [2.05, 4.69) is 10.6 Å². The lowest BCUT2D eigenvalue weighted by Gasteiger charge is -2.16. The van der Waals surface area contributed by atoms with E-state index < -0.39 is 45.3 Å². The Morgan fingerprint density at radius 3 is 2.33 bits per heavy atom. The summed E-state index contributed by atoms with van der Waals surface area (Å²) < 4.78 is 32.1. The number of ether oxygens (including phenoxy) is 1. The summed E-state index contributed by atoms with van der Waals surface area (Å²) in [5, 5.41) is 9.68. The van der Waals surface area contributed by atoms with E-state index in [1.807, 2.05) is 37.3 Å². The molecule has 1 atom stereocenters. The highest BCUT2D eigenvalue weighted by molar-refractivity contribution is 7.89. The summed E-state index contributed by atoms with van der Waals surface area (Å²) in [5.41, 5.74) is 1.37. The number of anilines is 1. The Bertz CT molecular complexity index is 1270. The first-order valence-electron chi connectivity index (χ1n) is 9.69. The van der Waals surface area contributed by atoms with E-state index in [9.17, 15) is 22.8 Å². The second-order valence-corrected chi connectivity index (χ2v) is 8.43. The zero-order valence-corrected chi connectivity index (χ0v) is 18.3. The quantitative estimate of drug-likeness (QED) is 0.425. The van der Waals surface area contributed by atoms with Gasteiger partial charge in [0.15, 0.2) is 6.61 Å². The van der Waals surface area contributed by atoms with Gasteiger partial charge in [-0.05, 0) is 36.8 Å². The largest absolute Gasteiger partial charge is 0.450 e. The number of furan rings is 1. The molecule has 10 nitrogen and oxygen atoms in total. The molecule has 0 saturated carbocycles. The molecule has 0 spiro atoms. The van der Waals surface area contributed by atoms with Crippen LogP contribution in [0.15, 0.2) is 76.2 Å². The van der Waals surface area contributed by atoms with Gasteiger partial charge in [-0.3, -0.25) is 9.59 Å². The Hall–Kier alpha value is -3.96. The maximum absolute atomic E-state index is 12.7. The van der Waals surface area contributed by atoms with Crippen molar-refractivity contribution in [1.29, 1.82) is 0 Å². The molecule has 0 aliphatic heterocycles. The molecule has 3 rings (SSSR count). The Labute approximate surface area is 189 Å². The minimum atomic E-state index is -4.12. The third-order valence-corrected chi connectivity index (χ3v) is 5.27. The van der Waals surface area contributed by atoms with Gasteiger partial charge < -0.3 is 19.8 Å². The molecular formula is C22H21N3O7S. The van der Waals surface area contributed by atoms with E-state index >= 15 is 0 Å². The van der Waals surface area contributed by atoms with Crippen LogP contribution in [-0.4, -0.2) is 32.8 Å². The molecular weight excluding hydrogens is 450 g/mol. The summed E-state index contributed by atoms with van der Waals surface area (Å²) in [6.07, 6.45) is 0. The van der Waals surface area contributed by atoms with E-state index in [-0.39, 0.29) is 17.3 Å². The molecule has 0 fully saturated rings. The fraction of sp³-hybridized carbons (Fsp3) is 0.136. The van der Waals surface area contributed by atoms with E-state index in [1.54, 1.807) is 18.2 Å². The fourth-order valence-electron chi connectivity index (χ4n) is 2.86. The van der Waals surface area contributed by atoms with Crippen molar-refractivity contribution in [3.63, 3.8) is 0 Å². The van der Waals surface area contributed by atoms with Crippen LogP contribution < -0.4 is 15.8 Å². The summed E-state index contributed by atoms with van der Waals surface area (Å²) in [4.78, 5) is 37.0. The molecule has 0 aliphatic carbocycles. The first kappa shape index (κ1) is 23.7. The van der Waals surface area contributed by atoms with Crippen molar-refractivity contribution >= 4 is 33.5 Å². The third-order valence-electron chi connectivity index (χ3n) is 4.49. The first-order valence-corrected chi connectivity index (χ1v) is 11.2. The molecule has 0 saturated heterocycles. The topological polar surface area (TPSA) is 158 Å². The number of hydrogen-bond acceptors (Lipinski definition) is 7. The van der Waals surface area contributed by atoms with Crippen LogP contribution in [0.3, 0.4) is 0 Å². The van der Waals surface area contributed by atoms with Gasteiger partial charge >= 0.3 is 5.97 Å². The van der Waals surface area contributed by atoms with E-state index in [0.29, 0.717) is 0 Å². The molecule has 1 unspecified atom stereocenters. The van der Waals surface area contributed by atoms with Crippen LogP contribution >= 0.6 is 0 Å². The maximum atomic E-state index is 12.7. The van der Waals surface area contributed by atoms with Gasteiger partial charge in [0.05, 0.1) is 17.3 Å². The average Bonchev–Trinajstić information content (AvgIpc) is 3.29. The predicted molar refractivity (Wildman–Crippen MR) is 118 cm³/mol. The molecule has 0 aliphatic rings. The number of carbonyl (C=O) groups excluding carboxylic acids is 3. The molecule has 11 heteroatoms. The second kappa shape index (κ2) is 10.1. The van der Waals surface area contributed by atoms with Crippen molar-refractivity contribution in [2.45, 2.75) is 18.1 Å². The zero-order chi connectivity index (χ0) is 24.0. The molecule has 3 aromatic rings. The van der Waals surface area contributed by atoms with Gasteiger partial charge in [-0.2, -0.15) is 0 Å². The Morgan fingerprint density at radius 2 is 1.67 bits per heavy atom. The molecule has 0 radical (unpaired) electrons. The van der Waals surface area contributed by atoms with Gasteiger partial charge in [-0.15, -0.1) is 0 Å². The predicted octanol–water partition coefficient (Wildman–Crippen LogP) is 2.21. The second-order valence-electron chi connectivity index (χ2n) is 6.94. The average molecular weight is 471 g/mol. The third kappa shape index (κ3) is 6.28. The molecule has 2 aromatic carbocycles. The molecule has 2 amide bonds. The molecule has 0 bridgehead atoms. The first-order chi connectivity index (χ1) is 15.6. The number of rotatable bonds is 8. The van der Waals surface area contributed by atoms with Gasteiger partial charge in [-0.25, -0.2) is 18.4 Å². The number of hydrogen-bond donors (Lipinski definition) is 3. The molecule has 1 heterocycles. The number of benzene rings is 2. The Morgan fingerprint density at radius 1 is 1.00 bits per heavy atom. The van der Waals surface area contributed by atoms with Crippen LogP contribution in [0.4, 0.5) is 5.69 Å². The van der Waals surface area contributed by atoms with E-state index in [4.69, 9.17) is 14.3 Å². The number of nitrogens with one attached hydrogen (secondary N) is 2. The summed E-state index contributed by atoms with van der Waals surface area (Å²) in [7, 11) is -4.12. The zero-order valence-electron chi connectivity index (χ0n) is 17.5. The number of sulfonamides is 1. The number of primary sulfonamides is 1. The normalized spacial score (nSPS) is 11.9. The summed E-state index contributed by atoms with van der Waals surface area (Å²) in [6, 6.07) is 17.5. The number of carbonyl (C=O) groups is 3. The van der Waals surface area contributed by atoms with Crippen LogP contribution in [0.1, 0.15) is 39.4 Å². The number of esters is 1. The van der Waals surface area contributed by atoms with Crippen molar-refractivity contribution in [3.05, 3.63) is 83.6 Å². The summed E-state index contributed by atoms with van der Waals surface area (Å²) in [6.45, 7) is 1.14. The molecule has 33 heavy (non-hydrogen) atoms. The molecule has 172 valence electrons. The van der Waals surface area contributed by atoms with Gasteiger partial charge in [0.2, 0.25) is 10.9 Å². The van der Waals surface area contributed by atoms with Crippen LogP contribution in [0, 0.1) is 0 Å². The SMILES string of the molecule is CC(NC(=O)c1ccccc1NC(=O)COC(=O)c1ccc(S(N)(=O)=O)o1)c1ccccc1. The van der Waals surface area contributed by atoms with Gasteiger partial charge in [0, 0.05) is 0 Å². The van der Waals surface area contributed by atoms with Gasteiger partial charge in [0.25, 0.3) is 21.8 Å². The van der Waals surface area contributed by atoms with Crippen molar-refractivity contribution in [3.8, 4) is 0 Å². The lowest BCUT2D eigenvalue weighted by Crippen LogP contribution is -2.28. The lowest BCUT2D eigenvalue weighted by molar-refractivity contribution is -0.119. The smallest absolute Gasteiger partial charge is 0.374 e. The Kier molecular flexibility index (Phi) is 7.26. The standard InChI is InChI=1S/C22H21N3O7S/c1-14(15-7-3-2-4-8-15)24-21(27)16-9-5-6-10-17(16)25-19(26)13-31-22(28)18-11-12-20(32-18)33(23,29)30/h2-12,14H,13H2,1H3,(H,24,27)(H,25,26)(H2,23,29,30). The number of amides is 2. The monoisotopic (exact) mass is 471 g/mol. The minimum absolute atomic E-state index is 0.226. The highest BCUT2D eigenvalue weighted by Crippen LogP contribution is 2.18. The maximum Gasteiger partial charge on any atom is 0.374 e. The van der Waals surface area contributed by atoms with Gasteiger partial charge in [-0.1, -0.05) is 42.5 Å².